The Labute approximate surface area is 229 Å². The highest BCUT2D eigenvalue weighted by atomic mass is 16.6. The number of non-ortho nitro benzene ring substituents is 2. The normalized spacial score (nSPS) is 26.8. The number of fused-ring (bicyclic) bond motifs is 3. The third kappa shape index (κ3) is 3.45. The number of rotatable bonds is 4. The monoisotopic (exact) mass is 538 g/mol. The lowest BCUT2D eigenvalue weighted by Crippen LogP contribution is -2.60. The van der Waals surface area contributed by atoms with Crippen LogP contribution in [0.5, 0.6) is 0 Å². The van der Waals surface area contributed by atoms with Crippen molar-refractivity contribution in [3.63, 3.8) is 0 Å². The first-order valence-electron chi connectivity index (χ1n) is 13.1. The van der Waals surface area contributed by atoms with Crippen molar-refractivity contribution in [1.29, 1.82) is 0 Å². The maximum Gasteiger partial charge on any atom is 0.270 e. The Morgan fingerprint density at radius 2 is 1.65 bits per heavy atom. The molecule has 1 amide bonds. The summed E-state index contributed by atoms with van der Waals surface area (Å²) in [7, 11) is 1.83. The molecule has 1 saturated carbocycles. The van der Waals surface area contributed by atoms with Gasteiger partial charge >= 0.3 is 0 Å². The molecule has 2 heterocycles. The summed E-state index contributed by atoms with van der Waals surface area (Å²) in [5.74, 6) is -1.03. The number of likely N-dealkylation sites (tertiary alicyclic amines) is 1. The second kappa shape index (κ2) is 9.20. The van der Waals surface area contributed by atoms with Crippen molar-refractivity contribution in [1.82, 2.24) is 4.90 Å². The molecule has 202 valence electrons. The average molecular weight is 539 g/mol. The number of carbonyl (C=O) groups excluding carboxylic acids is 2. The molecule has 1 saturated heterocycles. The van der Waals surface area contributed by atoms with Gasteiger partial charge in [-0.15, -0.1) is 0 Å². The SMILES string of the molecule is CN1C[C@@H](c2cccc([N+](=O)[O-])c2)[C@@]2(CCC/C(=C\c3cccc([N+](=O)[O-])c3)C2=O)[C@@]12C(=O)Nc1ccccc12. The topological polar surface area (TPSA) is 136 Å². The van der Waals surface area contributed by atoms with Crippen LogP contribution < -0.4 is 5.32 Å². The van der Waals surface area contributed by atoms with Crippen LogP contribution in [-0.2, 0) is 15.1 Å². The summed E-state index contributed by atoms with van der Waals surface area (Å²) in [6.07, 6.45) is 3.14. The predicted octanol–water partition coefficient (Wildman–Crippen LogP) is 5.20. The number of likely N-dealkylation sites (N-methyl/N-ethyl adjacent to an activating group) is 1. The van der Waals surface area contributed by atoms with Crippen LogP contribution in [0, 0.1) is 25.6 Å². The van der Waals surface area contributed by atoms with E-state index in [1.165, 1.54) is 24.3 Å². The number of amides is 1. The average Bonchev–Trinajstić information content (AvgIpc) is 3.39. The molecule has 2 aliphatic heterocycles. The minimum Gasteiger partial charge on any atom is -0.324 e. The summed E-state index contributed by atoms with van der Waals surface area (Å²) in [6.45, 7) is 0.332. The molecule has 0 unspecified atom stereocenters. The Balaban J connectivity index is 1.59. The number of anilines is 1. The molecule has 3 aliphatic rings. The van der Waals surface area contributed by atoms with Crippen molar-refractivity contribution >= 4 is 34.8 Å². The fraction of sp³-hybridized carbons (Fsp3) is 0.267. The summed E-state index contributed by atoms with van der Waals surface area (Å²) in [5.41, 5.74) is 0.219. The lowest BCUT2D eigenvalue weighted by atomic mass is 9.53. The lowest BCUT2D eigenvalue weighted by molar-refractivity contribution is -0.385. The zero-order valence-corrected chi connectivity index (χ0v) is 21.7. The molecule has 6 rings (SSSR count). The molecule has 10 nitrogen and oxygen atoms in total. The number of para-hydroxylation sites is 1. The van der Waals surface area contributed by atoms with Crippen molar-refractivity contribution < 1.29 is 19.4 Å². The number of hydrogen-bond donors (Lipinski definition) is 1. The van der Waals surface area contributed by atoms with Crippen LogP contribution >= 0.6 is 0 Å². The molecule has 1 aliphatic carbocycles. The van der Waals surface area contributed by atoms with Gasteiger partial charge in [0.25, 0.3) is 17.3 Å². The number of ketones is 1. The molecule has 40 heavy (non-hydrogen) atoms. The minimum absolute atomic E-state index is 0.0804. The van der Waals surface area contributed by atoms with Crippen molar-refractivity contribution in [2.24, 2.45) is 5.41 Å². The number of nitrogens with one attached hydrogen (secondary N) is 1. The first-order chi connectivity index (χ1) is 19.2. The Kier molecular flexibility index (Phi) is 5.88. The van der Waals surface area contributed by atoms with Crippen molar-refractivity contribution in [2.75, 3.05) is 18.9 Å². The number of hydrogen-bond acceptors (Lipinski definition) is 7. The van der Waals surface area contributed by atoms with Crippen LogP contribution in [-0.4, -0.2) is 40.0 Å². The fourth-order valence-electron chi connectivity index (χ4n) is 7.28. The highest BCUT2D eigenvalue weighted by Gasteiger charge is 2.73. The van der Waals surface area contributed by atoms with Gasteiger partial charge in [-0.3, -0.25) is 34.7 Å². The van der Waals surface area contributed by atoms with E-state index >= 15 is 0 Å². The van der Waals surface area contributed by atoms with E-state index < -0.39 is 26.7 Å². The van der Waals surface area contributed by atoms with Gasteiger partial charge in [0.2, 0.25) is 0 Å². The smallest absolute Gasteiger partial charge is 0.270 e. The van der Waals surface area contributed by atoms with Gasteiger partial charge in [-0.2, -0.15) is 0 Å². The molecular weight excluding hydrogens is 512 g/mol. The Morgan fingerprint density at radius 3 is 2.40 bits per heavy atom. The summed E-state index contributed by atoms with van der Waals surface area (Å²) >= 11 is 0. The molecule has 0 aromatic heterocycles. The second-order valence-electron chi connectivity index (χ2n) is 10.7. The van der Waals surface area contributed by atoms with Gasteiger partial charge in [-0.05, 0) is 55.2 Å². The first kappa shape index (κ1) is 25.6. The zero-order valence-electron chi connectivity index (χ0n) is 21.7. The summed E-state index contributed by atoms with van der Waals surface area (Å²) in [5, 5.41) is 26.0. The molecule has 3 aromatic carbocycles. The van der Waals surface area contributed by atoms with E-state index in [1.54, 1.807) is 30.3 Å². The third-order valence-electron chi connectivity index (χ3n) is 8.78. The number of carbonyl (C=O) groups is 2. The standard InChI is InChI=1S/C30H26N4O6/c1-32-18-25(20-8-5-11-23(17-20)34(39)40)29(30(32)24-12-2-3-13-26(24)31-28(30)36)14-6-9-21(27(29)35)15-19-7-4-10-22(16-19)33(37)38/h2-5,7-8,10-13,15-17,25H,6,9,14,18H2,1H3,(H,31,36)/b21-15+/t25-,29+,30+/m0/s1. The van der Waals surface area contributed by atoms with Gasteiger partial charge in [0.15, 0.2) is 5.78 Å². The number of Topliss-reactive ketones (excluding diaryl/α,β-unsaturated/α-hetero) is 1. The largest absolute Gasteiger partial charge is 0.324 e. The second-order valence-corrected chi connectivity index (χ2v) is 10.7. The minimum atomic E-state index is -1.34. The highest BCUT2D eigenvalue weighted by Crippen LogP contribution is 2.66. The van der Waals surface area contributed by atoms with Gasteiger partial charge in [0.05, 0.1) is 15.3 Å². The predicted molar refractivity (Wildman–Crippen MR) is 148 cm³/mol. The van der Waals surface area contributed by atoms with Gasteiger partial charge in [-0.1, -0.05) is 42.5 Å². The number of nitro benzene ring substituents is 2. The van der Waals surface area contributed by atoms with E-state index in [2.05, 4.69) is 5.32 Å². The van der Waals surface area contributed by atoms with Crippen LogP contribution in [0.1, 0.15) is 41.9 Å². The maximum absolute atomic E-state index is 14.9. The molecule has 3 atom stereocenters. The Morgan fingerprint density at radius 1 is 0.950 bits per heavy atom. The zero-order chi connectivity index (χ0) is 28.2. The van der Waals surface area contributed by atoms with Crippen LogP contribution in [0.15, 0.2) is 78.4 Å². The molecule has 0 radical (unpaired) electrons. The number of nitro groups is 2. The van der Waals surface area contributed by atoms with Gasteiger partial charge in [-0.25, -0.2) is 0 Å². The molecule has 2 spiro atoms. The summed E-state index contributed by atoms with van der Waals surface area (Å²) < 4.78 is 0. The highest BCUT2D eigenvalue weighted by molar-refractivity contribution is 6.15. The van der Waals surface area contributed by atoms with Gasteiger partial charge < -0.3 is 5.32 Å². The van der Waals surface area contributed by atoms with E-state index in [0.717, 1.165) is 0 Å². The lowest BCUT2D eigenvalue weighted by Gasteiger charge is -2.48. The van der Waals surface area contributed by atoms with Crippen LogP contribution in [0.25, 0.3) is 6.08 Å². The molecule has 1 N–H and O–H groups in total. The summed E-state index contributed by atoms with van der Waals surface area (Å²) in [4.78, 5) is 53.0. The molecular formula is C30H26N4O6. The quantitative estimate of drug-likeness (QED) is 0.274. The number of allylic oxidation sites excluding steroid dienone is 1. The molecule has 10 heteroatoms. The van der Waals surface area contributed by atoms with Crippen molar-refractivity contribution in [2.45, 2.75) is 30.7 Å². The van der Waals surface area contributed by atoms with Crippen molar-refractivity contribution in [3.8, 4) is 0 Å². The maximum atomic E-state index is 14.9. The Bertz CT molecular complexity index is 1630. The summed E-state index contributed by atoms with van der Waals surface area (Å²) in [6, 6.07) is 19.8. The van der Waals surface area contributed by atoms with E-state index in [1.807, 2.05) is 36.2 Å². The first-order valence-corrected chi connectivity index (χ1v) is 13.1. The van der Waals surface area contributed by atoms with Crippen LogP contribution in [0.2, 0.25) is 0 Å². The van der Waals surface area contributed by atoms with Crippen LogP contribution in [0.4, 0.5) is 17.1 Å². The Hall–Kier alpha value is -4.70. The molecule has 3 aromatic rings. The number of nitrogens with zero attached hydrogens (tertiary/aromatic N) is 3. The molecule has 0 bridgehead atoms. The van der Waals surface area contributed by atoms with E-state index in [0.29, 0.717) is 53.8 Å². The van der Waals surface area contributed by atoms with E-state index in [-0.39, 0.29) is 23.1 Å². The van der Waals surface area contributed by atoms with Crippen molar-refractivity contribution in [3.05, 3.63) is 115 Å². The van der Waals surface area contributed by atoms with E-state index in [4.69, 9.17) is 0 Å². The van der Waals surface area contributed by atoms with Gasteiger partial charge in [0.1, 0.15) is 5.54 Å². The third-order valence-corrected chi connectivity index (χ3v) is 8.78. The molecule has 2 fully saturated rings. The van der Waals surface area contributed by atoms with Crippen LogP contribution in [0.3, 0.4) is 0 Å². The van der Waals surface area contributed by atoms with E-state index in [9.17, 15) is 29.8 Å². The number of benzene rings is 3. The fourth-order valence-corrected chi connectivity index (χ4v) is 7.28. The van der Waals surface area contributed by atoms with Gasteiger partial charge in [0, 0.05) is 48.0 Å².